The van der Waals surface area contributed by atoms with Crippen molar-refractivity contribution in [3.8, 4) is 0 Å². The smallest absolute Gasteiger partial charge is 0.239 e. The molecule has 96 valence electrons. The topological polar surface area (TPSA) is 63.2 Å². The summed E-state index contributed by atoms with van der Waals surface area (Å²) < 4.78 is 3.69. The monoisotopic (exact) mass is 293 g/mol. The standard InChI is InChI=1S/C12H8ClN3O2S/c13-8-2-1-7-3-11(17)16(10(7)4-8)12(18)5-9-6-14-15-19-9/h1-2,4,6H,3,5H2. The maximum atomic E-state index is 12.2. The van der Waals surface area contributed by atoms with Crippen LogP contribution < -0.4 is 4.90 Å². The summed E-state index contributed by atoms with van der Waals surface area (Å²) in [7, 11) is 0. The van der Waals surface area contributed by atoms with E-state index < -0.39 is 0 Å². The fourth-order valence-corrected chi connectivity index (χ4v) is 2.69. The molecule has 7 heteroatoms. The maximum Gasteiger partial charge on any atom is 0.239 e. The number of rotatable bonds is 2. The van der Waals surface area contributed by atoms with Crippen LogP contribution in [0.5, 0.6) is 0 Å². The Morgan fingerprint density at radius 1 is 1.47 bits per heavy atom. The zero-order chi connectivity index (χ0) is 13.4. The fourth-order valence-electron chi connectivity index (χ4n) is 2.04. The zero-order valence-corrected chi connectivity index (χ0v) is 11.2. The number of imide groups is 1. The summed E-state index contributed by atoms with van der Waals surface area (Å²) >= 11 is 7.07. The first-order valence-electron chi connectivity index (χ1n) is 5.55. The highest BCUT2D eigenvalue weighted by atomic mass is 35.5. The van der Waals surface area contributed by atoms with Crippen LogP contribution in [0.4, 0.5) is 5.69 Å². The number of benzene rings is 1. The molecule has 0 N–H and O–H groups in total. The molecule has 2 heterocycles. The van der Waals surface area contributed by atoms with Gasteiger partial charge in [-0.1, -0.05) is 22.2 Å². The van der Waals surface area contributed by atoms with E-state index in [-0.39, 0.29) is 24.7 Å². The number of hydrogen-bond donors (Lipinski definition) is 0. The van der Waals surface area contributed by atoms with Gasteiger partial charge in [-0.15, -0.1) is 5.10 Å². The number of halogens is 1. The average molecular weight is 294 g/mol. The van der Waals surface area contributed by atoms with Crippen LogP contribution in [0.1, 0.15) is 10.4 Å². The molecule has 0 spiro atoms. The van der Waals surface area contributed by atoms with Crippen molar-refractivity contribution >= 4 is 40.6 Å². The molecule has 19 heavy (non-hydrogen) atoms. The van der Waals surface area contributed by atoms with Crippen molar-refractivity contribution in [2.45, 2.75) is 12.8 Å². The molecule has 0 aliphatic carbocycles. The van der Waals surface area contributed by atoms with Crippen LogP contribution in [-0.2, 0) is 22.4 Å². The number of fused-ring (bicyclic) bond motifs is 1. The quantitative estimate of drug-likeness (QED) is 0.848. The largest absolute Gasteiger partial charge is 0.274 e. The van der Waals surface area contributed by atoms with E-state index in [9.17, 15) is 9.59 Å². The molecular weight excluding hydrogens is 286 g/mol. The Hall–Kier alpha value is -1.79. The van der Waals surface area contributed by atoms with Gasteiger partial charge in [-0.05, 0) is 29.2 Å². The van der Waals surface area contributed by atoms with Crippen molar-refractivity contribution in [2.24, 2.45) is 0 Å². The van der Waals surface area contributed by atoms with Gasteiger partial charge in [-0.3, -0.25) is 9.59 Å². The summed E-state index contributed by atoms with van der Waals surface area (Å²) in [5, 5.41) is 4.18. The molecule has 0 bridgehead atoms. The Kier molecular flexibility index (Phi) is 3.04. The molecule has 1 aliphatic rings. The third-order valence-corrected chi connectivity index (χ3v) is 3.76. The van der Waals surface area contributed by atoms with E-state index >= 15 is 0 Å². The molecule has 2 amide bonds. The second-order valence-corrected chi connectivity index (χ2v) is 5.44. The Balaban J connectivity index is 1.91. The van der Waals surface area contributed by atoms with Crippen LogP contribution in [0.3, 0.4) is 0 Å². The first kappa shape index (κ1) is 12.3. The van der Waals surface area contributed by atoms with Crippen molar-refractivity contribution in [3.05, 3.63) is 39.9 Å². The van der Waals surface area contributed by atoms with Crippen molar-refractivity contribution in [1.82, 2.24) is 9.59 Å². The molecule has 0 unspecified atom stereocenters. The van der Waals surface area contributed by atoms with E-state index in [1.807, 2.05) is 0 Å². The second kappa shape index (κ2) is 4.71. The predicted molar refractivity (Wildman–Crippen MR) is 71.3 cm³/mol. The fraction of sp³-hybridized carbons (Fsp3) is 0.167. The van der Waals surface area contributed by atoms with Gasteiger partial charge in [0.15, 0.2) is 0 Å². The number of carbonyl (C=O) groups excluding carboxylic acids is 2. The van der Waals surface area contributed by atoms with Gasteiger partial charge in [0.1, 0.15) is 0 Å². The van der Waals surface area contributed by atoms with Crippen molar-refractivity contribution in [3.63, 3.8) is 0 Å². The molecule has 0 saturated carbocycles. The normalized spacial score (nSPS) is 13.7. The Morgan fingerprint density at radius 3 is 3.05 bits per heavy atom. The predicted octanol–water partition coefficient (Wildman–Crippen LogP) is 1.85. The van der Waals surface area contributed by atoms with Crippen molar-refractivity contribution in [1.29, 1.82) is 0 Å². The Morgan fingerprint density at radius 2 is 2.32 bits per heavy atom. The van der Waals surface area contributed by atoms with E-state index in [2.05, 4.69) is 9.59 Å². The van der Waals surface area contributed by atoms with Gasteiger partial charge in [-0.25, -0.2) is 4.90 Å². The lowest BCUT2D eigenvalue weighted by atomic mass is 10.2. The van der Waals surface area contributed by atoms with Crippen LogP contribution in [0.15, 0.2) is 24.4 Å². The Labute approximate surface area is 118 Å². The minimum absolute atomic E-state index is 0.120. The molecule has 2 aromatic rings. The van der Waals surface area contributed by atoms with E-state index in [1.54, 1.807) is 18.2 Å². The van der Waals surface area contributed by atoms with Crippen molar-refractivity contribution < 1.29 is 9.59 Å². The summed E-state index contributed by atoms with van der Waals surface area (Å²) in [6, 6.07) is 5.14. The third-order valence-electron chi connectivity index (χ3n) is 2.86. The van der Waals surface area contributed by atoms with Crippen LogP contribution in [-0.4, -0.2) is 21.4 Å². The number of aromatic nitrogens is 2. The summed E-state index contributed by atoms with van der Waals surface area (Å²) in [6.07, 6.45) is 1.89. The van der Waals surface area contributed by atoms with E-state index in [0.717, 1.165) is 22.0 Å². The molecule has 1 aromatic carbocycles. The molecule has 0 saturated heterocycles. The number of anilines is 1. The highest BCUT2D eigenvalue weighted by Crippen LogP contribution is 2.32. The number of nitrogens with zero attached hydrogens (tertiary/aromatic N) is 3. The number of carbonyl (C=O) groups is 2. The van der Waals surface area contributed by atoms with Crippen molar-refractivity contribution in [2.75, 3.05) is 4.90 Å². The first-order chi connectivity index (χ1) is 9.15. The van der Waals surface area contributed by atoms with Gasteiger partial charge in [0, 0.05) is 5.02 Å². The summed E-state index contributed by atoms with van der Waals surface area (Å²) in [5.41, 5.74) is 1.41. The van der Waals surface area contributed by atoms with Gasteiger partial charge in [-0.2, -0.15) is 0 Å². The van der Waals surface area contributed by atoms with E-state index in [0.29, 0.717) is 10.7 Å². The summed E-state index contributed by atoms with van der Waals surface area (Å²) in [4.78, 5) is 26.1. The molecular formula is C12H8ClN3O2S. The van der Waals surface area contributed by atoms with E-state index in [4.69, 9.17) is 11.6 Å². The van der Waals surface area contributed by atoms with Crippen LogP contribution in [0.2, 0.25) is 5.02 Å². The number of hydrogen-bond acceptors (Lipinski definition) is 5. The lowest BCUT2D eigenvalue weighted by Gasteiger charge is -2.14. The second-order valence-electron chi connectivity index (χ2n) is 4.13. The third kappa shape index (κ3) is 2.24. The van der Waals surface area contributed by atoms with E-state index in [1.165, 1.54) is 11.1 Å². The minimum Gasteiger partial charge on any atom is -0.274 e. The SMILES string of the molecule is O=C(Cc1cnns1)N1C(=O)Cc2ccc(Cl)cc21. The van der Waals surface area contributed by atoms with Gasteiger partial charge in [0.2, 0.25) is 11.8 Å². The molecule has 0 fully saturated rings. The molecule has 1 aliphatic heterocycles. The molecule has 0 radical (unpaired) electrons. The van der Waals surface area contributed by atoms with Gasteiger partial charge in [0.05, 0.1) is 29.6 Å². The molecule has 5 nitrogen and oxygen atoms in total. The van der Waals surface area contributed by atoms with Gasteiger partial charge in [0.25, 0.3) is 0 Å². The lowest BCUT2D eigenvalue weighted by Crippen LogP contribution is -2.34. The average Bonchev–Trinajstić information content (AvgIpc) is 2.95. The highest BCUT2D eigenvalue weighted by molar-refractivity contribution is 7.05. The van der Waals surface area contributed by atoms with Crippen LogP contribution in [0, 0.1) is 0 Å². The maximum absolute atomic E-state index is 12.2. The van der Waals surface area contributed by atoms with Gasteiger partial charge < -0.3 is 0 Å². The minimum atomic E-state index is -0.280. The summed E-state index contributed by atoms with van der Waals surface area (Å²) in [5.74, 6) is -0.503. The lowest BCUT2D eigenvalue weighted by molar-refractivity contribution is -0.125. The zero-order valence-electron chi connectivity index (χ0n) is 9.67. The molecule has 0 atom stereocenters. The van der Waals surface area contributed by atoms with Gasteiger partial charge >= 0.3 is 0 Å². The number of amides is 2. The van der Waals surface area contributed by atoms with Crippen LogP contribution in [0.25, 0.3) is 0 Å². The Bertz CT molecular complexity index is 657. The highest BCUT2D eigenvalue weighted by Gasteiger charge is 2.32. The first-order valence-corrected chi connectivity index (χ1v) is 6.71. The van der Waals surface area contributed by atoms with Crippen LogP contribution >= 0.6 is 23.1 Å². The molecule has 1 aromatic heterocycles. The molecule has 3 rings (SSSR count). The summed E-state index contributed by atoms with van der Waals surface area (Å²) in [6.45, 7) is 0.